The molecule has 3 rings (SSSR count). The molecule has 0 saturated carbocycles. The maximum absolute atomic E-state index is 12.6. The second-order valence-corrected chi connectivity index (χ2v) is 6.90. The number of likely N-dealkylation sites (tertiary alicyclic amines) is 1. The number of hydrogen-bond donors (Lipinski definition) is 1. The Kier molecular flexibility index (Phi) is 7.66. The molecule has 25 heavy (non-hydrogen) atoms. The van der Waals surface area contributed by atoms with Crippen LogP contribution in [0.25, 0.3) is 0 Å². The lowest BCUT2D eigenvalue weighted by Gasteiger charge is -2.32. The van der Waals surface area contributed by atoms with Gasteiger partial charge in [0.15, 0.2) is 11.5 Å². The van der Waals surface area contributed by atoms with Crippen molar-refractivity contribution in [2.75, 3.05) is 39.9 Å². The second-order valence-electron chi connectivity index (χ2n) is 6.49. The monoisotopic (exact) mass is 388 g/mol. The Bertz CT molecular complexity index is 590. The lowest BCUT2D eigenvalue weighted by atomic mass is 9.93. The standard InChI is InChI=1S/C18H25ClN2O3.ClH/c1-20-5-2-13-3-6-21(7-4-13)17(22)12-14-10-15(19)18-16(11-14)23-8-9-24-18;/h10-11,13,20H,2-9,12H2,1H3;1H. The fraction of sp³-hybridized carbons (Fsp3) is 0.611. The van der Waals surface area contributed by atoms with Gasteiger partial charge in [-0.25, -0.2) is 0 Å². The summed E-state index contributed by atoms with van der Waals surface area (Å²) >= 11 is 6.25. The number of piperidine rings is 1. The van der Waals surface area contributed by atoms with Crippen molar-refractivity contribution in [1.82, 2.24) is 10.2 Å². The van der Waals surface area contributed by atoms with Gasteiger partial charge in [-0.05, 0) is 56.5 Å². The minimum Gasteiger partial charge on any atom is -0.486 e. The number of nitrogens with one attached hydrogen (secondary N) is 1. The molecule has 5 nitrogen and oxygen atoms in total. The Balaban J connectivity index is 0.00000225. The molecule has 0 bridgehead atoms. The van der Waals surface area contributed by atoms with Crippen LogP contribution in [0.15, 0.2) is 12.1 Å². The van der Waals surface area contributed by atoms with Crippen molar-refractivity contribution in [3.05, 3.63) is 22.7 Å². The molecule has 2 aliphatic heterocycles. The number of carbonyl (C=O) groups excluding carboxylic acids is 1. The van der Waals surface area contributed by atoms with E-state index in [1.54, 1.807) is 0 Å². The van der Waals surface area contributed by atoms with Crippen molar-refractivity contribution in [2.45, 2.75) is 25.7 Å². The van der Waals surface area contributed by atoms with E-state index in [0.717, 1.165) is 44.0 Å². The Morgan fingerprint density at radius 3 is 2.72 bits per heavy atom. The van der Waals surface area contributed by atoms with Gasteiger partial charge in [0.1, 0.15) is 13.2 Å². The number of benzene rings is 1. The molecule has 1 amide bonds. The van der Waals surface area contributed by atoms with Gasteiger partial charge in [0, 0.05) is 13.1 Å². The van der Waals surface area contributed by atoms with E-state index >= 15 is 0 Å². The van der Waals surface area contributed by atoms with E-state index in [1.165, 1.54) is 6.42 Å². The first-order valence-corrected chi connectivity index (χ1v) is 9.05. The predicted molar refractivity (Wildman–Crippen MR) is 101 cm³/mol. The molecule has 0 aliphatic carbocycles. The van der Waals surface area contributed by atoms with Gasteiger partial charge in [0.2, 0.25) is 5.91 Å². The summed E-state index contributed by atoms with van der Waals surface area (Å²) in [6.45, 7) is 3.78. The molecule has 1 fully saturated rings. The molecule has 7 heteroatoms. The molecule has 1 saturated heterocycles. The van der Waals surface area contributed by atoms with Crippen molar-refractivity contribution in [3.8, 4) is 11.5 Å². The van der Waals surface area contributed by atoms with E-state index in [9.17, 15) is 4.79 Å². The molecule has 0 unspecified atom stereocenters. The van der Waals surface area contributed by atoms with Crippen LogP contribution < -0.4 is 14.8 Å². The van der Waals surface area contributed by atoms with E-state index in [4.69, 9.17) is 21.1 Å². The van der Waals surface area contributed by atoms with Crippen LogP contribution in [0.5, 0.6) is 11.5 Å². The van der Waals surface area contributed by atoms with E-state index in [0.29, 0.717) is 36.2 Å². The minimum atomic E-state index is 0. The largest absolute Gasteiger partial charge is 0.486 e. The highest BCUT2D eigenvalue weighted by Crippen LogP contribution is 2.38. The molecule has 1 N–H and O–H groups in total. The molecule has 0 aromatic heterocycles. The van der Waals surface area contributed by atoms with E-state index < -0.39 is 0 Å². The number of amides is 1. The van der Waals surface area contributed by atoms with Gasteiger partial charge < -0.3 is 19.7 Å². The summed E-state index contributed by atoms with van der Waals surface area (Å²) in [7, 11) is 1.98. The fourth-order valence-corrected chi connectivity index (χ4v) is 3.66. The Morgan fingerprint density at radius 1 is 1.28 bits per heavy atom. The summed E-state index contributed by atoms with van der Waals surface area (Å²) in [5, 5.41) is 3.71. The zero-order valence-electron chi connectivity index (χ0n) is 14.6. The zero-order chi connectivity index (χ0) is 16.9. The average Bonchev–Trinajstić information content (AvgIpc) is 2.60. The molecular weight excluding hydrogens is 363 g/mol. The van der Waals surface area contributed by atoms with Gasteiger partial charge in [-0.1, -0.05) is 11.6 Å². The third-order valence-corrected chi connectivity index (χ3v) is 5.06. The molecule has 0 atom stereocenters. The molecule has 1 aromatic carbocycles. The highest BCUT2D eigenvalue weighted by molar-refractivity contribution is 6.32. The van der Waals surface area contributed by atoms with Gasteiger partial charge in [-0.3, -0.25) is 4.79 Å². The van der Waals surface area contributed by atoms with E-state index in [-0.39, 0.29) is 18.3 Å². The van der Waals surface area contributed by atoms with Crippen LogP contribution in [0.4, 0.5) is 0 Å². The first-order valence-electron chi connectivity index (χ1n) is 8.67. The number of fused-ring (bicyclic) bond motifs is 1. The summed E-state index contributed by atoms with van der Waals surface area (Å²) in [4.78, 5) is 14.5. The minimum absolute atomic E-state index is 0. The molecule has 0 radical (unpaired) electrons. The van der Waals surface area contributed by atoms with Crippen LogP contribution in [0.3, 0.4) is 0 Å². The molecule has 1 aromatic rings. The lowest BCUT2D eigenvalue weighted by Crippen LogP contribution is -2.39. The molecular formula is C18H26Cl2N2O3. The quantitative estimate of drug-likeness (QED) is 0.842. The van der Waals surface area contributed by atoms with Crippen LogP contribution in [0.1, 0.15) is 24.8 Å². The van der Waals surface area contributed by atoms with Crippen LogP contribution >= 0.6 is 24.0 Å². The highest BCUT2D eigenvalue weighted by Gasteiger charge is 2.23. The number of hydrogen-bond acceptors (Lipinski definition) is 4. The Labute approximate surface area is 160 Å². The van der Waals surface area contributed by atoms with E-state index in [1.807, 2.05) is 24.1 Å². The van der Waals surface area contributed by atoms with Gasteiger partial charge in [-0.15, -0.1) is 12.4 Å². The molecule has 2 aliphatic rings. The summed E-state index contributed by atoms with van der Waals surface area (Å²) in [6, 6.07) is 3.69. The average molecular weight is 389 g/mol. The van der Waals surface area contributed by atoms with Gasteiger partial charge >= 0.3 is 0 Å². The lowest BCUT2D eigenvalue weighted by molar-refractivity contribution is -0.131. The van der Waals surface area contributed by atoms with Crippen molar-refractivity contribution in [2.24, 2.45) is 5.92 Å². The van der Waals surface area contributed by atoms with Crippen LogP contribution in [0, 0.1) is 5.92 Å². The van der Waals surface area contributed by atoms with Gasteiger partial charge in [0.05, 0.1) is 11.4 Å². The van der Waals surface area contributed by atoms with Gasteiger partial charge in [-0.2, -0.15) is 0 Å². The normalized spacial score (nSPS) is 17.1. The predicted octanol–water partition coefficient (Wildman–Crippen LogP) is 2.92. The third kappa shape index (κ3) is 5.16. The van der Waals surface area contributed by atoms with Crippen molar-refractivity contribution in [3.63, 3.8) is 0 Å². The Hall–Kier alpha value is -1.17. The second kappa shape index (κ2) is 9.51. The summed E-state index contributed by atoms with van der Waals surface area (Å²) < 4.78 is 11.1. The summed E-state index contributed by atoms with van der Waals surface area (Å²) in [5.41, 5.74) is 0.881. The number of nitrogens with zero attached hydrogens (tertiary/aromatic N) is 1. The van der Waals surface area contributed by atoms with Crippen LogP contribution in [0.2, 0.25) is 5.02 Å². The van der Waals surface area contributed by atoms with Crippen molar-refractivity contribution >= 4 is 29.9 Å². The first kappa shape index (κ1) is 20.1. The topological polar surface area (TPSA) is 50.8 Å². The zero-order valence-corrected chi connectivity index (χ0v) is 16.1. The SMILES string of the molecule is CNCCC1CCN(C(=O)Cc2cc(Cl)c3c(c2)OCCO3)CC1.Cl. The Morgan fingerprint density at radius 2 is 2.00 bits per heavy atom. The van der Waals surface area contributed by atoms with Gasteiger partial charge in [0.25, 0.3) is 0 Å². The molecule has 140 valence electrons. The van der Waals surface area contributed by atoms with E-state index in [2.05, 4.69) is 5.32 Å². The summed E-state index contributed by atoms with van der Waals surface area (Å²) in [5.74, 6) is 2.12. The smallest absolute Gasteiger partial charge is 0.226 e. The first-order chi connectivity index (χ1) is 11.7. The van der Waals surface area contributed by atoms with Crippen molar-refractivity contribution in [1.29, 1.82) is 0 Å². The maximum atomic E-state index is 12.6. The number of halogens is 2. The molecule has 0 spiro atoms. The number of ether oxygens (including phenoxy) is 2. The van der Waals surface area contributed by atoms with Crippen molar-refractivity contribution < 1.29 is 14.3 Å². The number of rotatable bonds is 5. The maximum Gasteiger partial charge on any atom is 0.226 e. The fourth-order valence-electron chi connectivity index (χ4n) is 3.37. The number of carbonyl (C=O) groups is 1. The molecule has 2 heterocycles. The third-order valence-electron chi connectivity index (χ3n) is 4.78. The van der Waals surface area contributed by atoms with Crippen LogP contribution in [-0.2, 0) is 11.2 Å². The summed E-state index contributed by atoms with van der Waals surface area (Å²) in [6.07, 6.45) is 3.73. The van der Waals surface area contributed by atoms with Crippen LogP contribution in [-0.4, -0.2) is 50.7 Å². The highest BCUT2D eigenvalue weighted by atomic mass is 35.5.